The van der Waals surface area contributed by atoms with Crippen LogP contribution in [0.1, 0.15) is 60.9 Å². The summed E-state index contributed by atoms with van der Waals surface area (Å²) in [5.41, 5.74) is 2.27. The summed E-state index contributed by atoms with van der Waals surface area (Å²) < 4.78 is 0. The molecule has 1 aromatic rings. The molecule has 0 radical (unpaired) electrons. The lowest BCUT2D eigenvalue weighted by molar-refractivity contribution is 0.0876. The van der Waals surface area contributed by atoms with E-state index >= 15 is 0 Å². The van der Waals surface area contributed by atoms with Gasteiger partial charge in [0.05, 0.1) is 0 Å². The maximum Gasteiger partial charge on any atom is 0.254 e. The van der Waals surface area contributed by atoms with Gasteiger partial charge in [-0.05, 0) is 43.4 Å². The molecule has 1 heterocycles. The van der Waals surface area contributed by atoms with Gasteiger partial charge in [0.1, 0.15) is 0 Å². The highest BCUT2D eigenvalue weighted by Crippen LogP contribution is 2.32. The van der Waals surface area contributed by atoms with Gasteiger partial charge in [0.25, 0.3) is 5.91 Å². The van der Waals surface area contributed by atoms with Gasteiger partial charge in [-0.3, -0.25) is 4.79 Å². The molecule has 0 spiro atoms. The summed E-state index contributed by atoms with van der Waals surface area (Å²) >= 11 is 0. The van der Waals surface area contributed by atoms with Crippen molar-refractivity contribution in [2.75, 3.05) is 6.54 Å². The molecule has 2 aliphatic rings. The third-order valence-corrected chi connectivity index (χ3v) is 4.35. The molecule has 2 fully saturated rings. The Morgan fingerprint density at radius 3 is 2.28 bits per heavy atom. The van der Waals surface area contributed by atoms with Crippen LogP contribution >= 0.6 is 0 Å². The van der Waals surface area contributed by atoms with E-state index in [2.05, 4.69) is 19.1 Å². The molecule has 1 atom stereocenters. The molecule has 1 aliphatic heterocycles. The molecule has 1 amide bonds. The van der Waals surface area contributed by atoms with E-state index in [-0.39, 0.29) is 5.91 Å². The molecule has 0 bridgehead atoms. The van der Waals surface area contributed by atoms with Crippen LogP contribution in [-0.4, -0.2) is 23.4 Å². The molecule has 1 saturated carbocycles. The Balaban J connectivity index is 1.70. The van der Waals surface area contributed by atoms with Gasteiger partial charge >= 0.3 is 0 Å². The third-order valence-electron chi connectivity index (χ3n) is 4.35. The quantitative estimate of drug-likeness (QED) is 0.727. The number of nitrogens with zero attached hydrogens (tertiary/aromatic N) is 1. The summed E-state index contributed by atoms with van der Waals surface area (Å²) in [5.74, 6) is 0.917. The average molecular weight is 243 g/mol. The fourth-order valence-electron chi connectivity index (χ4n) is 3.02. The lowest BCUT2D eigenvalue weighted by atomic mass is 9.84. The molecule has 2 nitrogen and oxygen atoms in total. The highest BCUT2D eigenvalue weighted by Gasteiger charge is 2.34. The van der Waals surface area contributed by atoms with Gasteiger partial charge in [-0.2, -0.15) is 0 Å². The van der Waals surface area contributed by atoms with Crippen molar-refractivity contribution in [1.29, 1.82) is 0 Å². The molecule has 1 unspecified atom stereocenters. The molecule has 3 rings (SSSR count). The maximum atomic E-state index is 12.0. The molecule has 0 N–H and O–H groups in total. The topological polar surface area (TPSA) is 20.1 Å². The predicted molar refractivity (Wildman–Crippen MR) is 72.8 cm³/mol. The fraction of sp³-hybridized carbons (Fsp3) is 0.562. The maximum absolute atomic E-state index is 12.0. The zero-order valence-electron chi connectivity index (χ0n) is 11.1. The van der Waals surface area contributed by atoms with Crippen molar-refractivity contribution in [3.63, 3.8) is 0 Å². The number of carbonyl (C=O) groups is 1. The first-order valence-corrected chi connectivity index (χ1v) is 7.16. The van der Waals surface area contributed by atoms with Crippen LogP contribution in [0.15, 0.2) is 24.3 Å². The van der Waals surface area contributed by atoms with E-state index in [1.165, 1.54) is 37.7 Å². The summed E-state index contributed by atoms with van der Waals surface area (Å²) in [7, 11) is 0. The van der Waals surface area contributed by atoms with Crippen LogP contribution in [0.5, 0.6) is 0 Å². The van der Waals surface area contributed by atoms with Crippen LogP contribution in [0.2, 0.25) is 0 Å². The first-order chi connectivity index (χ1) is 8.75. The first-order valence-electron chi connectivity index (χ1n) is 7.16. The number of carbonyl (C=O) groups excluding carboxylic acids is 1. The smallest absolute Gasteiger partial charge is 0.254 e. The number of amides is 1. The van der Waals surface area contributed by atoms with E-state index in [1.807, 2.05) is 17.0 Å². The predicted octanol–water partition coefficient (Wildman–Crippen LogP) is 3.58. The fourth-order valence-corrected chi connectivity index (χ4v) is 3.02. The molecule has 1 aliphatic carbocycles. The van der Waals surface area contributed by atoms with Gasteiger partial charge in [0.15, 0.2) is 0 Å². The van der Waals surface area contributed by atoms with Crippen LogP contribution in [0.25, 0.3) is 0 Å². The minimum Gasteiger partial charge on any atom is -0.332 e. The normalized spacial score (nSPS) is 24.1. The van der Waals surface area contributed by atoms with Gasteiger partial charge in [0, 0.05) is 18.2 Å². The summed E-state index contributed by atoms with van der Waals surface area (Å²) in [5, 5.41) is 0. The van der Waals surface area contributed by atoms with Crippen molar-refractivity contribution in [3.8, 4) is 0 Å². The lowest BCUT2D eigenvalue weighted by Crippen LogP contribution is -2.13. The Bertz CT molecular complexity index is 431. The summed E-state index contributed by atoms with van der Waals surface area (Å²) in [6.07, 6.45) is 6.74. The minimum atomic E-state index is 0.192. The Morgan fingerprint density at radius 1 is 1.11 bits per heavy atom. The van der Waals surface area contributed by atoms with E-state index in [9.17, 15) is 4.79 Å². The Morgan fingerprint density at radius 2 is 1.72 bits per heavy atom. The third kappa shape index (κ3) is 2.29. The summed E-state index contributed by atoms with van der Waals surface area (Å²) in [4.78, 5) is 13.9. The van der Waals surface area contributed by atoms with Crippen LogP contribution in [0.3, 0.4) is 0 Å². The minimum absolute atomic E-state index is 0.192. The zero-order chi connectivity index (χ0) is 12.5. The molecule has 1 saturated heterocycles. The van der Waals surface area contributed by atoms with E-state index in [0.717, 1.165) is 18.0 Å². The van der Waals surface area contributed by atoms with Crippen molar-refractivity contribution in [1.82, 2.24) is 4.90 Å². The lowest BCUT2D eigenvalue weighted by Gasteiger charge is -2.22. The second-order valence-corrected chi connectivity index (χ2v) is 5.76. The van der Waals surface area contributed by atoms with Gasteiger partial charge in [0.2, 0.25) is 0 Å². The van der Waals surface area contributed by atoms with Gasteiger partial charge < -0.3 is 4.90 Å². The zero-order valence-corrected chi connectivity index (χ0v) is 11.1. The summed E-state index contributed by atoms with van der Waals surface area (Å²) in [6, 6.07) is 8.79. The Kier molecular flexibility index (Phi) is 3.11. The van der Waals surface area contributed by atoms with Crippen molar-refractivity contribution >= 4 is 5.91 Å². The van der Waals surface area contributed by atoms with E-state index in [4.69, 9.17) is 0 Å². The Labute approximate surface area is 109 Å². The SMILES string of the molecule is CC1CN1C(=O)c1ccc(C2CCCCC2)cc1. The van der Waals surface area contributed by atoms with E-state index in [0.29, 0.717) is 6.04 Å². The number of rotatable bonds is 2. The van der Waals surface area contributed by atoms with Gasteiger partial charge in [-0.1, -0.05) is 31.4 Å². The van der Waals surface area contributed by atoms with Crippen molar-refractivity contribution in [2.24, 2.45) is 0 Å². The largest absolute Gasteiger partial charge is 0.332 e. The monoisotopic (exact) mass is 243 g/mol. The van der Waals surface area contributed by atoms with Crippen LogP contribution < -0.4 is 0 Å². The van der Waals surface area contributed by atoms with Crippen LogP contribution in [0.4, 0.5) is 0 Å². The second-order valence-electron chi connectivity index (χ2n) is 5.76. The number of benzene rings is 1. The molecular formula is C16H21NO. The highest BCUT2D eigenvalue weighted by molar-refractivity contribution is 5.96. The Hall–Kier alpha value is -1.31. The van der Waals surface area contributed by atoms with Crippen LogP contribution in [0, 0.1) is 0 Å². The van der Waals surface area contributed by atoms with Crippen molar-refractivity contribution in [2.45, 2.75) is 51.0 Å². The number of hydrogen-bond donors (Lipinski definition) is 0. The van der Waals surface area contributed by atoms with Gasteiger partial charge in [-0.15, -0.1) is 0 Å². The molecule has 2 heteroatoms. The molecule has 1 aromatic carbocycles. The second kappa shape index (κ2) is 4.75. The van der Waals surface area contributed by atoms with Gasteiger partial charge in [-0.25, -0.2) is 0 Å². The average Bonchev–Trinajstić information content (AvgIpc) is 3.16. The first kappa shape index (κ1) is 11.8. The van der Waals surface area contributed by atoms with Crippen molar-refractivity contribution in [3.05, 3.63) is 35.4 Å². The molecule has 0 aromatic heterocycles. The van der Waals surface area contributed by atoms with Crippen molar-refractivity contribution < 1.29 is 4.79 Å². The van der Waals surface area contributed by atoms with E-state index < -0.39 is 0 Å². The molecule has 96 valence electrons. The standard InChI is InChI=1S/C16H21NO/c1-12-11-17(12)16(18)15-9-7-14(8-10-15)13-5-3-2-4-6-13/h7-10,12-13H,2-6,11H2,1H3. The highest BCUT2D eigenvalue weighted by atomic mass is 16.2. The summed E-state index contributed by atoms with van der Waals surface area (Å²) in [6.45, 7) is 3.01. The van der Waals surface area contributed by atoms with E-state index in [1.54, 1.807) is 0 Å². The van der Waals surface area contributed by atoms with Crippen LogP contribution in [-0.2, 0) is 0 Å². The molecular weight excluding hydrogens is 222 g/mol. The number of hydrogen-bond acceptors (Lipinski definition) is 1. The molecule has 18 heavy (non-hydrogen) atoms.